The predicted octanol–water partition coefficient (Wildman–Crippen LogP) is 1.84. The Morgan fingerprint density at radius 1 is 1.35 bits per heavy atom. The van der Waals surface area contributed by atoms with Crippen molar-refractivity contribution in [2.75, 3.05) is 13.7 Å². The van der Waals surface area contributed by atoms with Gasteiger partial charge in [0.2, 0.25) is 0 Å². The number of ether oxygens (including phenoxy) is 2. The van der Waals surface area contributed by atoms with Gasteiger partial charge in [-0.05, 0) is 24.6 Å². The van der Waals surface area contributed by atoms with Crippen molar-refractivity contribution >= 4 is 0 Å². The molecule has 0 aliphatic rings. The molecule has 1 aromatic rings. The van der Waals surface area contributed by atoms with Gasteiger partial charge in [-0.25, -0.2) is 0 Å². The van der Waals surface area contributed by atoms with Gasteiger partial charge < -0.3 is 14.6 Å². The SMILES string of the molecule is C#C[C@H](C)[C@H](O)COCc1ccc(OC)cc1. The first-order valence-corrected chi connectivity index (χ1v) is 5.52. The van der Waals surface area contributed by atoms with E-state index in [-0.39, 0.29) is 12.5 Å². The summed E-state index contributed by atoms with van der Waals surface area (Å²) in [4.78, 5) is 0. The molecule has 0 aliphatic heterocycles. The van der Waals surface area contributed by atoms with Crippen LogP contribution in [0.2, 0.25) is 0 Å². The van der Waals surface area contributed by atoms with E-state index in [2.05, 4.69) is 5.92 Å². The summed E-state index contributed by atoms with van der Waals surface area (Å²) in [6.07, 6.45) is 4.60. The van der Waals surface area contributed by atoms with Gasteiger partial charge in [-0.2, -0.15) is 0 Å². The second-order valence-corrected chi connectivity index (χ2v) is 3.89. The van der Waals surface area contributed by atoms with Gasteiger partial charge in [-0.3, -0.25) is 0 Å². The van der Waals surface area contributed by atoms with Crippen molar-refractivity contribution in [3.05, 3.63) is 29.8 Å². The third-order valence-electron chi connectivity index (χ3n) is 2.56. The molecule has 0 aromatic heterocycles. The lowest BCUT2D eigenvalue weighted by molar-refractivity contribution is 0.0135. The normalized spacial score (nSPS) is 13.8. The molecular formula is C14H18O3. The monoisotopic (exact) mass is 234 g/mol. The van der Waals surface area contributed by atoms with Crippen molar-refractivity contribution < 1.29 is 14.6 Å². The predicted molar refractivity (Wildman–Crippen MR) is 66.7 cm³/mol. The molecular weight excluding hydrogens is 216 g/mol. The van der Waals surface area contributed by atoms with Gasteiger partial charge in [-0.15, -0.1) is 12.3 Å². The van der Waals surface area contributed by atoms with Crippen molar-refractivity contribution in [3.63, 3.8) is 0 Å². The molecule has 2 atom stereocenters. The molecule has 0 bridgehead atoms. The van der Waals surface area contributed by atoms with Crippen LogP contribution < -0.4 is 4.74 Å². The fourth-order valence-corrected chi connectivity index (χ4v) is 1.27. The largest absolute Gasteiger partial charge is 0.497 e. The van der Waals surface area contributed by atoms with Crippen LogP contribution in [0.25, 0.3) is 0 Å². The van der Waals surface area contributed by atoms with E-state index in [0.717, 1.165) is 11.3 Å². The summed E-state index contributed by atoms with van der Waals surface area (Å²) in [6, 6.07) is 7.60. The van der Waals surface area contributed by atoms with E-state index in [1.165, 1.54) is 0 Å². The van der Waals surface area contributed by atoms with Crippen LogP contribution in [0.15, 0.2) is 24.3 Å². The number of aliphatic hydroxyl groups excluding tert-OH is 1. The molecule has 1 rings (SSSR count). The highest BCUT2D eigenvalue weighted by molar-refractivity contribution is 5.26. The maximum atomic E-state index is 9.59. The molecule has 0 spiro atoms. The maximum Gasteiger partial charge on any atom is 0.118 e. The van der Waals surface area contributed by atoms with Crippen LogP contribution in [0, 0.1) is 18.3 Å². The summed E-state index contributed by atoms with van der Waals surface area (Å²) in [6.45, 7) is 2.50. The van der Waals surface area contributed by atoms with Gasteiger partial charge >= 0.3 is 0 Å². The lowest BCUT2D eigenvalue weighted by Crippen LogP contribution is -2.22. The molecule has 3 nitrogen and oxygen atoms in total. The maximum absolute atomic E-state index is 9.59. The molecule has 0 amide bonds. The van der Waals surface area contributed by atoms with Gasteiger partial charge in [0.15, 0.2) is 0 Å². The van der Waals surface area contributed by atoms with E-state index in [1.807, 2.05) is 24.3 Å². The van der Waals surface area contributed by atoms with Gasteiger partial charge in [0.05, 0.1) is 26.4 Å². The molecule has 17 heavy (non-hydrogen) atoms. The minimum atomic E-state index is -0.613. The molecule has 0 saturated heterocycles. The molecule has 1 N–H and O–H groups in total. The molecule has 0 fully saturated rings. The third-order valence-corrected chi connectivity index (χ3v) is 2.56. The highest BCUT2D eigenvalue weighted by atomic mass is 16.5. The van der Waals surface area contributed by atoms with Crippen LogP contribution in [0.4, 0.5) is 0 Å². The van der Waals surface area contributed by atoms with Crippen molar-refractivity contribution in [2.45, 2.75) is 19.6 Å². The van der Waals surface area contributed by atoms with Crippen molar-refractivity contribution in [3.8, 4) is 18.1 Å². The fourth-order valence-electron chi connectivity index (χ4n) is 1.27. The van der Waals surface area contributed by atoms with E-state index in [4.69, 9.17) is 15.9 Å². The van der Waals surface area contributed by atoms with Crippen LogP contribution in [0.3, 0.4) is 0 Å². The molecule has 1 aromatic carbocycles. The summed E-state index contributed by atoms with van der Waals surface area (Å²) in [5, 5.41) is 9.59. The molecule has 0 radical (unpaired) electrons. The first kappa shape index (κ1) is 13.6. The average molecular weight is 234 g/mol. The Morgan fingerprint density at radius 3 is 2.53 bits per heavy atom. The van der Waals surface area contributed by atoms with Crippen LogP contribution >= 0.6 is 0 Å². The summed E-state index contributed by atoms with van der Waals surface area (Å²) in [5.74, 6) is 3.11. The van der Waals surface area contributed by atoms with Gasteiger partial charge in [0, 0.05) is 5.92 Å². The summed E-state index contributed by atoms with van der Waals surface area (Å²) in [7, 11) is 1.63. The zero-order chi connectivity index (χ0) is 12.7. The minimum Gasteiger partial charge on any atom is -0.497 e. The van der Waals surface area contributed by atoms with Crippen LogP contribution in [0.5, 0.6) is 5.75 Å². The minimum absolute atomic E-state index is 0.189. The first-order valence-electron chi connectivity index (χ1n) is 5.52. The third kappa shape index (κ3) is 4.48. The zero-order valence-electron chi connectivity index (χ0n) is 10.2. The zero-order valence-corrected chi connectivity index (χ0v) is 10.2. The summed E-state index contributed by atoms with van der Waals surface area (Å²) >= 11 is 0. The quantitative estimate of drug-likeness (QED) is 0.763. The van der Waals surface area contributed by atoms with E-state index < -0.39 is 6.10 Å². The Kier molecular flexibility index (Phi) is 5.55. The number of hydrogen-bond acceptors (Lipinski definition) is 3. The Hall–Kier alpha value is -1.50. The van der Waals surface area contributed by atoms with Crippen molar-refractivity contribution in [2.24, 2.45) is 5.92 Å². The van der Waals surface area contributed by atoms with E-state index >= 15 is 0 Å². The Morgan fingerprint density at radius 2 is 2.00 bits per heavy atom. The number of benzene rings is 1. The number of aliphatic hydroxyl groups is 1. The summed E-state index contributed by atoms with van der Waals surface area (Å²) < 4.78 is 10.4. The van der Waals surface area contributed by atoms with E-state index in [0.29, 0.717) is 6.61 Å². The fraction of sp³-hybridized carbons (Fsp3) is 0.429. The summed E-state index contributed by atoms with van der Waals surface area (Å²) in [5.41, 5.74) is 1.03. The smallest absolute Gasteiger partial charge is 0.118 e. The lowest BCUT2D eigenvalue weighted by atomic mass is 10.1. The molecule has 92 valence electrons. The van der Waals surface area contributed by atoms with Crippen molar-refractivity contribution in [1.82, 2.24) is 0 Å². The Bertz CT molecular complexity index is 364. The highest BCUT2D eigenvalue weighted by Gasteiger charge is 2.11. The van der Waals surface area contributed by atoms with E-state index in [1.54, 1.807) is 14.0 Å². The number of terminal acetylenes is 1. The average Bonchev–Trinajstić information content (AvgIpc) is 2.38. The second kappa shape index (κ2) is 6.95. The highest BCUT2D eigenvalue weighted by Crippen LogP contribution is 2.12. The Balaban J connectivity index is 2.33. The van der Waals surface area contributed by atoms with Gasteiger partial charge in [-0.1, -0.05) is 12.1 Å². The van der Waals surface area contributed by atoms with Crippen molar-refractivity contribution in [1.29, 1.82) is 0 Å². The van der Waals surface area contributed by atoms with Gasteiger partial charge in [0.1, 0.15) is 5.75 Å². The molecule has 0 aliphatic carbocycles. The second-order valence-electron chi connectivity index (χ2n) is 3.89. The molecule has 0 saturated carbocycles. The molecule has 0 unspecified atom stereocenters. The van der Waals surface area contributed by atoms with Crippen LogP contribution in [0.1, 0.15) is 12.5 Å². The topological polar surface area (TPSA) is 38.7 Å². The molecule has 3 heteroatoms. The Labute approximate surface area is 102 Å². The van der Waals surface area contributed by atoms with Gasteiger partial charge in [0.25, 0.3) is 0 Å². The van der Waals surface area contributed by atoms with Crippen LogP contribution in [-0.2, 0) is 11.3 Å². The number of hydrogen-bond donors (Lipinski definition) is 1. The molecule has 0 heterocycles. The van der Waals surface area contributed by atoms with E-state index in [9.17, 15) is 5.11 Å². The first-order chi connectivity index (χ1) is 8.17. The van der Waals surface area contributed by atoms with Crippen LogP contribution in [-0.4, -0.2) is 24.9 Å². The number of rotatable bonds is 6. The number of methoxy groups -OCH3 is 1. The lowest BCUT2D eigenvalue weighted by Gasteiger charge is -2.13. The standard InChI is InChI=1S/C14H18O3/c1-4-11(2)14(15)10-17-9-12-5-7-13(16-3)8-6-12/h1,5-8,11,14-15H,9-10H2,2-3H3/t11-,14+/m0/s1.